The van der Waals surface area contributed by atoms with E-state index >= 15 is 0 Å². The number of hydrogen-bond acceptors (Lipinski definition) is 3. The number of nitrogens with zero attached hydrogens (tertiary/aromatic N) is 1. The molecular weight excluding hydrogens is 168 g/mol. The molecule has 2 amide bonds. The molecule has 0 saturated carbocycles. The normalized spacial score (nSPS) is 23.8. The fourth-order valence-electron chi connectivity index (χ4n) is 1.50. The molecule has 74 valence electrons. The summed E-state index contributed by atoms with van der Waals surface area (Å²) in [5.41, 5.74) is 5.00. The number of carbonyl (C=O) groups excluding carboxylic acids is 2. The first-order valence-electron chi connectivity index (χ1n) is 4.45. The van der Waals surface area contributed by atoms with E-state index in [2.05, 4.69) is 0 Å². The monoisotopic (exact) mass is 184 g/mol. The molecule has 13 heavy (non-hydrogen) atoms. The van der Waals surface area contributed by atoms with E-state index < -0.39 is 5.41 Å². The minimum atomic E-state index is -0.536. The van der Waals surface area contributed by atoms with E-state index in [1.807, 2.05) is 0 Å². The van der Waals surface area contributed by atoms with E-state index in [1.165, 1.54) is 4.90 Å². The predicted octanol–water partition coefficient (Wildman–Crippen LogP) is 0.119. The Morgan fingerprint density at radius 3 is 2.38 bits per heavy atom. The third-order valence-electron chi connectivity index (χ3n) is 2.19. The van der Waals surface area contributed by atoms with Gasteiger partial charge in [0.1, 0.15) is 0 Å². The van der Waals surface area contributed by atoms with Crippen molar-refractivity contribution in [3.63, 3.8) is 0 Å². The summed E-state index contributed by atoms with van der Waals surface area (Å²) < 4.78 is 0. The molecule has 0 radical (unpaired) electrons. The smallest absolute Gasteiger partial charge is 0.235 e. The first kappa shape index (κ1) is 10.2. The number of amides is 2. The largest absolute Gasteiger partial charge is 0.326 e. The summed E-state index contributed by atoms with van der Waals surface area (Å²) >= 11 is 0. The minimum absolute atomic E-state index is 0.102. The Labute approximate surface area is 78.1 Å². The maximum absolute atomic E-state index is 11.6. The van der Waals surface area contributed by atoms with Gasteiger partial charge in [0, 0.05) is 19.0 Å². The molecule has 0 unspecified atom stereocenters. The summed E-state index contributed by atoms with van der Waals surface area (Å²) in [6, 6.07) is -0.151. The van der Waals surface area contributed by atoms with Gasteiger partial charge in [-0.25, -0.2) is 0 Å². The number of hydrogen-bond donors (Lipinski definition) is 1. The van der Waals surface area contributed by atoms with Gasteiger partial charge in [-0.2, -0.15) is 0 Å². The molecule has 4 heteroatoms. The molecule has 4 nitrogen and oxygen atoms in total. The highest BCUT2D eigenvalue weighted by molar-refractivity contribution is 6.05. The van der Waals surface area contributed by atoms with Crippen LogP contribution in [0, 0.1) is 5.41 Å². The van der Waals surface area contributed by atoms with E-state index in [-0.39, 0.29) is 17.9 Å². The van der Waals surface area contributed by atoms with Crippen LogP contribution in [0.1, 0.15) is 27.2 Å². The molecule has 1 heterocycles. The zero-order chi connectivity index (χ0) is 10.2. The molecule has 1 rings (SSSR count). The molecule has 0 spiro atoms. The topological polar surface area (TPSA) is 63.4 Å². The maximum Gasteiger partial charge on any atom is 0.235 e. The molecule has 0 bridgehead atoms. The van der Waals surface area contributed by atoms with E-state index in [1.54, 1.807) is 20.8 Å². The molecule has 0 aromatic heterocycles. The Hall–Kier alpha value is -0.900. The van der Waals surface area contributed by atoms with E-state index in [0.29, 0.717) is 13.0 Å². The highest BCUT2D eigenvalue weighted by Gasteiger charge is 2.44. The van der Waals surface area contributed by atoms with Crippen molar-refractivity contribution in [1.29, 1.82) is 0 Å². The van der Waals surface area contributed by atoms with Crippen molar-refractivity contribution in [3.8, 4) is 0 Å². The molecule has 1 saturated heterocycles. The van der Waals surface area contributed by atoms with Crippen molar-refractivity contribution in [2.75, 3.05) is 6.54 Å². The van der Waals surface area contributed by atoms with Crippen molar-refractivity contribution < 1.29 is 9.59 Å². The van der Waals surface area contributed by atoms with Crippen LogP contribution < -0.4 is 5.73 Å². The molecule has 0 aliphatic carbocycles. The first-order chi connectivity index (χ1) is 5.84. The SMILES string of the molecule is C[C@H](N)CN1C(=O)CC(C)(C)C1=O. The molecule has 1 fully saturated rings. The van der Waals surface area contributed by atoms with Gasteiger partial charge < -0.3 is 5.73 Å². The van der Waals surface area contributed by atoms with Gasteiger partial charge in [0.25, 0.3) is 0 Å². The van der Waals surface area contributed by atoms with E-state index in [0.717, 1.165) is 0 Å². The maximum atomic E-state index is 11.6. The van der Waals surface area contributed by atoms with Crippen LogP contribution >= 0.6 is 0 Å². The molecule has 1 aliphatic rings. The lowest BCUT2D eigenvalue weighted by molar-refractivity contribution is -0.141. The summed E-state index contributed by atoms with van der Waals surface area (Å²) in [6.45, 7) is 5.69. The van der Waals surface area contributed by atoms with Gasteiger partial charge in [-0.1, -0.05) is 13.8 Å². The number of likely N-dealkylation sites (tertiary alicyclic amines) is 1. The zero-order valence-corrected chi connectivity index (χ0v) is 8.33. The Balaban J connectivity index is 2.77. The van der Waals surface area contributed by atoms with Crippen LogP contribution in [-0.4, -0.2) is 29.3 Å². The molecule has 1 atom stereocenters. The number of carbonyl (C=O) groups is 2. The Morgan fingerprint density at radius 2 is 2.08 bits per heavy atom. The van der Waals surface area contributed by atoms with Crippen LogP contribution in [0.4, 0.5) is 0 Å². The third kappa shape index (κ3) is 1.88. The number of imide groups is 1. The van der Waals surface area contributed by atoms with Gasteiger partial charge in [-0.15, -0.1) is 0 Å². The molecule has 0 aromatic rings. The second-order valence-corrected chi connectivity index (χ2v) is 4.35. The Morgan fingerprint density at radius 1 is 1.54 bits per heavy atom. The van der Waals surface area contributed by atoms with Crippen molar-refractivity contribution in [2.45, 2.75) is 33.2 Å². The minimum Gasteiger partial charge on any atom is -0.326 e. The van der Waals surface area contributed by atoms with Crippen LogP contribution in [0.3, 0.4) is 0 Å². The molecule has 2 N–H and O–H groups in total. The van der Waals surface area contributed by atoms with Crippen LogP contribution in [0.5, 0.6) is 0 Å². The lowest BCUT2D eigenvalue weighted by Gasteiger charge is -2.19. The van der Waals surface area contributed by atoms with Crippen LogP contribution in [0.2, 0.25) is 0 Å². The van der Waals surface area contributed by atoms with Gasteiger partial charge in [0.2, 0.25) is 11.8 Å². The fourth-order valence-corrected chi connectivity index (χ4v) is 1.50. The van der Waals surface area contributed by atoms with Crippen molar-refractivity contribution in [2.24, 2.45) is 11.1 Å². The summed E-state index contributed by atoms with van der Waals surface area (Å²) in [5, 5.41) is 0. The van der Waals surface area contributed by atoms with Gasteiger partial charge in [-0.05, 0) is 6.92 Å². The summed E-state index contributed by atoms with van der Waals surface area (Å²) in [4.78, 5) is 24.3. The average Bonchev–Trinajstić information content (AvgIpc) is 2.12. The predicted molar refractivity (Wildman–Crippen MR) is 48.8 cm³/mol. The van der Waals surface area contributed by atoms with Gasteiger partial charge in [0.05, 0.1) is 5.41 Å². The van der Waals surface area contributed by atoms with Crippen molar-refractivity contribution >= 4 is 11.8 Å². The Bertz CT molecular complexity index is 246. The summed E-state index contributed by atoms with van der Waals surface area (Å²) in [5.74, 6) is -0.206. The van der Waals surface area contributed by atoms with Gasteiger partial charge in [0.15, 0.2) is 0 Å². The van der Waals surface area contributed by atoms with Crippen LogP contribution in [-0.2, 0) is 9.59 Å². The highest BCUT2D eigenvalue weighted by atomic mass is 16.2. The lowest BCUT2D eigenvalue weighted by atomic mass is 9.92. The molecular formula is C9H16N2O2. The average molecular weight is 184 g/mol. The van der Waals surface area contributed by atoms with Gasteiger partial charge >= 0.3 is 0 Å². The first-order valence-corrected chi connectivity index (χ1v) is 4.45. The Kier molecular flexibility index (Phi) is 2.43. The second kappa shape index (κ2) is 3.10. The second-order valence-electron chi connectivity index (χ2n) is 4.35. The number of rotatable bonds is 2. The standard InChI is InChI=1S/C9H16N2O2/c1-6(10)5-11-7(12)4-9(2,3)8(11)13/h6H,4-5,10H2,1-3H3/t6-/m0/s1. The lowest BCUT2D eigenvalue weighted by Crippen LogP contribution is -2.40. The number of nitrogens with two attached hydrogens (primary N) is 1. The van der Waals surface area contributed by atoms with Crippen LogP contribution in [0.25, 0.3) is 0 Å². The van der Waals surface area contributed by atoms with Crippen molar-refractivity contribution in [1.82, 2.24) is 4.90 Å². The van der Waals surface area contributed by atoms with Crippen LogP contribution in [0.15, 0.2) is 0 Å². The third-order valence-corrected chi connectivity index (χ3v) is 2.19. The van der Waals surface area contributed by atoms with E-state index in [9.17, 15) is 9.59 Å². The summed E-state index contributed by atoms with van der Waals surface area (Å²) in [7, 11) is 0. The van der Waals surface area contributed by atoms with Crippen molar-refractivity contribution in [3.05, 3.63) is 0 Å². The quantitative estimate of drug-likeness (QED) is 0.620. The molecule has 1 aliphatic heterocycles. The summed E-state index contributed by atoms with van der Waals surface area (Å²) in [6.07, 6.45) is 0.304. The zero-order valence-electron chi connectivity index (χ0n) is 8.33. The van der Waals surface area contributed by atoms with E-state index in [4.69, 9.17) is 5.73 Å². The highest BCUT2D eigenvalue weighted by Crippen LogP contribution is 2.31. The molecule has 0 aromatic carbocycles. The fraction of sp³-hybridized carbons (Fsp3) is 0.778. The van der Waals surface area contributed by atoms with Gasteiger partial charge in [-0.3, -0.25) is 14.5 Å².